The Morgan fingerprint density at radius 1 is 0.963 bits per heavy atom. The fourth-order valence-electron chi connectivity index (χ4n) is 4.10. The molecule has 4 heteroatoms. The average Bonchev–Trinajstić information content (AvgIpc) is 3.37. The molecule has 1 amide bonds. The van der Waals surface area contributed by atoms with Crippen LogP contribution in [-0.2, 0) is 30.7 Å². The standard InChI is InChI=1S/C23H28N2O2/c26-23(17-27-22-11-10-18-8-5-9-19(18)14-22)24-15-20-6-1-2-7-21(20)16-25-12-3-4-13-25/h1-2,6-7,10-11,14H,3-5,8-9,12-13,15-17H2,(H,24,26). The summed E-state index contributed by atoms with van der Waals surface area (Å²) < 4.78 is 5.70. The topological polar surface area (TPSA) is 41.6 Å². The molecule has 1 saturated heterocycles. The van der Waals surface area contributed by atoms with Crippen LogP contribution in [0.3, 0.4) is 0 Å². The second kappa shape index (κ2) is 8.57. The molecule has 142 valence electrons. The second-order valence-electron chi connectivity index (χ2n) is 7.60. The molecule has 1 aliphatic carbocycles. The highest BCUT2D eigenvalue weighted by Gasteiger charge is 2.14. The van der Waals surface area contributed by atoms with Gasteiger partial charge in [-0.1, -0.05) is 30.3 Å². The first-order valence-corrected chi connectivity index (χ1v) is 10.1. The van der Waals surface area contributed by atoms with Gasteiger partial charge in [0.25, 0.3) is 5.91 Å². The normalized spacial score (nSPS) is 16.3. The van der Waals surface area contributed by atoms with E-state index in [1.54, 1.807) is 0 Å². The lowest BCUT2D eigenvalue weighted by Crippen LogP contribution is -2.29. The van der Waals surface area contributed by atoms with Crippen LogP contribution in [0.5, 0.6) is 5.75 Å². The summed E-state index contributed by atoms with van der Waals surface area (Å²) in [5, 5.41) is 3.00. The van der Waals surface area contributed by atoms with Crippen molar-refractivity contribution in [3.63, 3.8) is 0 Å². The van der Waals surface area contributed by atoms with Gasteiger partial charge < -0.3 is 10.1 Å². The van der Waals surface area contributed by atoms with E-state index in [-0.39, 0.29) is 12.5 Å². The quantitative estimate of drug-likeness (QED) is 0.818. The molecule has 1 fully saturated rings. The summed E-state index contributed by atoms with van der Waals surface area (Å²) >= 11 is 0. The van der Waals surface area contributed by atoms with Gasteiger partial charge in [-0.3, -0.25) is 9.69 Å². The van der Waals surface area contributed by atoms with E-state index in [2.05, 4.69) is 40.5 Å². The number of ether oxygens (including phenoxy) is 1. The van der Waals surface area contributed by atoms with Crippen molar-refractivity contribution in [1.82, 2.24) is 10.2 Å². The highest BCUT2D eigenvalue weighted by atomic mass is 16.5. The molecular formula is C23H28N2O2. The Balaban J connectivity index is 1.28. The third-order valence-electron chi connectivity index (χ3n) is 5.63. The number of hydrogen-bond acceptors (Lipinski definition) is 3. The van der Waals surface area contributed by atoms with Gasteiger partial charge in [-0.25, -0.2) is 0 Å². The van der Waals surface area contributed by atoms with E-state index < -0.39 is 0 Å². The van der Waals surface area contributed by atoms with E-state index in [1.165, 1.54) is 54.6 Å². The van der Waals surface area contributed by atoms with Gasteiger partial charge in [0.2, 0.25) is 0 Å². The lowest BCUT2D eigenvalue weighted by molar-refractivity contribution is -0.123. The van der Waals surface area contributed by atoms with Crippen LogP contribution < -0.4 is 10.1 Å². The summed E-state index contributed by atoms with van der Waals surface area (Å²) in [4.78, 5) is 14.7. The minimum Gasteiger partial charge on any atom is -0.484 e. The Morgan fingerprint density at radius 2 is 1.74 bits per heavy atom. The zero-order chi connectivity index (χ0) is 18.5. The molecule has 0 unspecified atom stereocenters. The maximum absolute atomic E-state index is 12.2. The number of nitrogens with zero attached hydrogens (tertiary/aromatic N) is 1. The van der Waals surface area contributed by atoms with Crippen molar-refractivity contribution in [3.8, 4) is 5.75 Å². The van der Waals surface area contributed by atoms with E-state index in [0.29, 0.717) is 6.54 Å². The molecule has 1 aliphatic heterocycles. The molecule has 1 heterocycles. The lowest BCUT2D eigenvalue weighted by Gasteiger charge is -2.17. The number of rotatable bonds is 7. The maximum Gasteiger partial charge on any atom is 0.258 e. The minimum atomic E-state index is -0.0773. The van der Waals surface area contributed by atoms with E-state index >= 15 is 0 Å². The highest BCUT2D eigenvalue weighted by Crippen LogP contribution is 2.26. The van der Waals surface area contributed by atoms with Crippen LogP contribution in [0.15, 0.2) is 42.5 Å². The molecule has 1 N–H and O–H groups in total. The number of carbonyl (C=O) groups is 1. The lowest BCUT2D eigenvalue weighted by atomic mass is 10.1. The van der Waals surface area contributed by atoms with Crippen molar-refractivity contribution in [3.05, 3.63) is 64.7 Å². The minimum absolute atomic E-state index is 0.0626. The molecule has 4 nitrogen and oxygen atoms in total. The van der Waals surface area contributed by atoms with E-state index in [1.807, 2.05) is 12.1 Å². The third kappa shape index (κ3) is 4.69. The van der Waals surface area contributed by atoms with Gasteiger partial charge in [0, 0.05) is 13.1 Å². The molecule has 2 aliphatic rings. The van der Waals surface area contributed by atoms with Gasteiger partial charge in [-0.2, -0.15) is 0 Å². The van der Waals surface area contributed by atoms with Crippen molar-refractivity contribution < 1.29 is 9.53 Å². The van der Waals surface area contributed by atoms with Gasteiger partial charge in [-0.05, 0) is 79.6 Å². The number of likely N-dealkylation sites (tertiary alicyclic amines) is 1. The zero-order valence-corrected chi connectivity index (χ0v) is 15.9. The maximum atomic E-state index is 12.2. The fraction of sp³-hybridized carbons (Fsp3) is 0.435. The molecular weight excluding hydrogens is 336 g/mol. The second-order valence-corrected chi connectivity index (χ2v) is 7.60. The Morgan fingerprint density at radius 3 is 2.59 bits per heavy atom. The summed E-state index contributed by atoms with van der Waals surface area (Å²) in [5.41, 5.74) is 5.28. The van der Waals surface area contributed by atoms with Crippen LogP contribution in [0.25, 0.3) is 0 Å². The summed E-state index contributed by atoms with van der Waals surface area (Å²) in [6, 6.07) is 14.6. The summed E-state index contributed by atoms with van der Waals surface area (Å²) in [6.45, 7) is 3.94. The molecule has 0 spiro atoms. The predicted molar refractivity (Wildman–Crippen MR) is 107 cm³/mol. The molecule has 0 atom stereocenters. The van der Waals surface area contributed by atoms with E-state index in [0.717, 1.165) is 25.1 Å². The largest absolute Gasteiger partial charge is 0.484 e. The summed E-state index contributed by atoms with van der Waals surface area (Å²) in [7, 11) is 0. The monoisotopic (exact) mass is 364 g/mol. The van der Waals surface area contributed by atoms with E-state index in [9.17, 15) is 4.79 Å². The van der Waals surface area contributed by atoms with Gasteiger partial charge in [-0.15, -0.1) is 0 Å². The highest BCUT2D eigenvalue weighted by molar-refractivity contribution is 5.77. The van der Waals surface area contributed by atoms with Gasteiger partial charge in [0.05, 0.1) is 0 Å². The Hall–Kier alpha value is -2.33. The predicted octanol–water partition coefficient (Wildman–Crippen LogP) is 3.47. The van der Waals surface area contributed by atoms with Crippen LogP contribution in [-0.4, -0.2) is 30.5 Å². The van der Waals surface area contributed by atoms with Gasteiger partial charge >= 0.3 is 0 Å². The number of carbonyl (C=O) groups excluding carboxylic acids is 1. The van der Waals surface area contributed by atoms with Gasteiger partial charge in [0.1, 0.15) is 5.75 Å². The zero-order valence-electron chi connectivity index (χ0n) is 15.9. The van der Waals surface area contributed by atoms with Crippen molar-refractivity contribution in [2.45, 2.75) is 45.2 Å². The number of nitrogens with one attached hydrogen (secondary N) is 1. The van der Waals surface area contributed by atoms with Crippen molar-refractivity contribution >= 4 is 5.91 Å². The molecule has 0 saturated carbocycles. The van der Waals surface area contributed by atoms with Crippen molar-refractivity contribution in [2.24, 2.45) is 0 Å². The number of hydrogen-bond donors (Lipinski definition) is 1. The molecule has 2 aromatic rings. The summed E-state index contributed by atoms with van der Waals surface area (Å²) in [6.07, 6.45) is 6.08. The number of benzene rings is 2. The van der Waals surface area contributed by atoms with Crippen LogP contribution in [0.1, 0.15) is 41.5 Å². The summed E-state index contributed by atoms with van der Waals surface area (Å²) in [5.74, 6) is 0.715. The SMILES string of the molecule is O=C(COc1ccc2c(c1)CCC2)NCc1ccccc1CN1CCCC1. The number of fused-ring (bicyclic) bond motifs is 1. The fourth-order valence-corrected chi connectivity index (χ4v) is 4.10. The third-order valence-corrected chi connectivity index (χ3v) is 5.63. The van der Waals surface area contributed by atoms with Crippen LogP contribution in [0, 0.1) is 0 Å². The van der Waals surface area contributed by atoms with Crippen molar-refractivity contribution in [2.75, 3.05) is 19.7 Å². The first-order valence-electron chi connectivity index (χ1n) is 10.1. The van der Waals surface area contributed by atoms with Crippen LogP contribution in [0.4, 0.5) is 0 Å². The molecule has 0 bridgehead atoms. The Bertz CT molecular complexity index is 797. The smallest absolute Gasteiger partial charge is 0.258 e. The molecule has 4 rings (SSSR count). The first-order chi connectivity index (χ1) is 13.3. The molecule has 27 heavy (non-hydrogen) atoms. The molecule has 0 aromatic heterocycles. The number of amides is 1. The van der Waals surface area contributed by atoms with Crippen LogP contribution in [0.2, 0.25) is 0 Å². The van der Waals surface area contributed by atoms with E-state index in [4.69, 9.17) is 4.74 Å². The first kappa shape index (κ1) is 18.1. The average molecular weight is 364 g/mol. The molecule has 0 radical (unpaired) electrons. The Kier molecular flexibility index (Phi) is 5.73. The Labute approximate surface area is 161 Å². The number of aryl methyl sites for hydroxylation is 2. The molecule has 2 aromatic carbocycles. The van der Waals surface area contributed by atoms with Crippen molar-refractivity contribution in [1.29, 1.82) is 0 Å². The van der Waals surface area contributed by atoms with Gasteiger partial charge in [0.15, 0.2) is 6.61 Å². The van der Waals surface area contributed by atoms with Crippen LogP contribution >= 0.6 is 0 Å².